The van der Waals surface area contributed by atoms with Crippen molar-refractivity contribution in [1.29, 1.82) is 0 Å². The van der Waals surface area contributed by atoms with Crippen LogP contribution in [0.1, 0.15) is 44.7 Å². The molecule has 3 heteroatoms. The normalized spacial score (nSPS) is 11.1. The molecule has 0 heterocycles. The number of rotatable bonds is 7. The third-order valence-corrected chi connectivity index (χ3v) is 2.97. The second-order valence-electron chi connectivity index (χ2n) is 5.70. The highest BCUT2D eigenvalue weighted by Gasteiger charge is 2.02. The van der Waals surface area contributed by atoms with Crippen LogP contribution in [0.2, 0.25) is 0 Å². The van der Waals surface area contributed by atoms with Crippen LogP contribution in [-0.4, -0.2) is 19.0 Å². The Labute approximate surface area is 116 Å². The van der Waals surface area contributed by atoms with Crippen LogP contribution in [0.3, 0.4) is 0 Å². The average molecular weight is 262 g/mol. The summed E-state index contributed by atoms with van der Waals surface area (Å²) < 4.78 is 0. The maximum Gasteiger partial charge on any atom is 0.233 e. The minimum absolute atomic E-state index is 0.0625. The molecule has 0 fully saturated rings. The Hall–Kier alpha value is -1.35. The van der Waals surface area contributed by atoms with Gasteiger partial charge in [0.05, 0.1) is 6.54 Å². The standard InChI is InChI=1S/C16H26N2O/c1-12(2)9-18-16(19)11-17-10-14-5-7-15(8-6-14)13(3)4/h5-8,12-13,17H,9-11H2,1-4H3,(H,18,19). The minimum atomic E-state index is 0.0625. The maximum absolute atomic E-state index is 11.5. The van der Waals surface area contributed by atoms with Gasteiger partial charge in [-0.15, -0.1) is 0 Å². The van der Waals surface area contributed by atoms with E-state index in [2.05, 4.69) is 62.6 Å². The molecular weight excluding hydrogens is 236 g/mol. The summed E-state index contributed by atoms with van der Waals surface area (Å²) in [6.07, 6.45) is 0. The third kappa shape index (κ3) is 6.39. The Balaban J connectivity index is 2.27. The first-order valence-corrected chi connectivity index (χ1v) is 7.05. The van der Waals surface area contributed by atoms with E-state index in [9.17, 15) is 4.79 Å². The first-order chi connectivity index (χ1) is 8.99. The maximum atomic E-state index is 11.5. The molecule has 0 saturated carbocycles. The lowest BCUT2D eigenvalue weighted by Gasteiger charge is -2.09. The van der Waals surface area contributed by atoms with E-state index < -0.39 is 0 Å². The van der Waals surface area contributed by atoms with Gasteiger partial charge in [0.15, 0.2) is 0 Å². The van der Waals surface area contributed by atoms with Crippen LogP contribution < -0.4 is 10.6 Å². The van der Waals surface area contributed by atoms with Crippen molar-refractivity contribution in [2.45, 2.75) is 40.2 Å². The SMILES string of the molecule is CC(C)CNC(=O)CNCc1ccc(C(C)C)cc1. The van der Waals surface area contributed by atoms with Crippen LogP contribution in [-0.2, 0) is 11.3 Å². The highest BCUT2D eigenvalue weighted by atomic mass is 16.1. The van der Waals surface area contributed by atoms with Crippen LogP contribution in [0.4, 0.5) is 0 Å². The van der Waals surface area contributed by atoms with Gasteiger partial charge in [0, 0.05) is 13.1 Å². The lowest BCUT2D eigenvalue weighted by molar-refractivity contribution is -0.120. The van der Waals surface area contributed by atoms with Crippen molar-refractivity contribution >= 4 is 5.91 Å². The van der Waals surface area contributed by atoms with Crippen molar-refractivity contribution in [2.24, 2.45) is 5.92 Å². The zero-order valence-electron chi connectivity index (χ0n) is 12.5. The van der Waals surface area contributed by atoms with Crippen molar-refractivity contribution in [3.8, 4) is 0 Å². The summed E-state index contributed by atoms with van der Waals surface area (Å²) in [4.78, 5) is 11.5. The summed E-state index contributed by atoms with van der Waals surface area (Å²) in [7, 11) is 0. The molecule has 19 heavy (non-hydrogen) atoms. The molecule has 0 aliphatic heterocycles. The highest BCUT2D eigenvalue weighted by Crippen LogP contribution is 2.14. The van der Waals surface area contributed by atoms with Crippen molar-refractivity contribution < 1.29 is 4.79 Å². The number of carbonyl (C=O) groups excluding carboxylic acids is 1. The van der Waals surface area contributed by atoms with Gasteiger partial charge in [-0.2, -0.15) is 0 Å². The topological polar surface area (TPSA) is 41.1 Å². The van der Waals surface area contributed by atoms with E-state index in [1.165, 1.54) is 11.1 Å². The van der Waals surface area contributed by atoms with Crippen molar-refractivity contribution in [3.05, 3.63) is 35.4 Å². The van der Waals surface area contributed by atoms with Gasteiger partial charge < -0.3 is 10.6 Å². The summed E-state index contributed by atoms with van der Waals surface area (Å²) in [6, 6.07) is 8.55. The fraction of sp³-hybridized carbons (Fsp3) is 0.562. The molecule has 3 nitrogen and oxygen atoms in total. The number of nitrogens with one attached hydrogen (secondary N) is 2. The van der Waals surface area contributed by atoms with E-state index in [1.807, 2.05) is 0 Å². The molecule has 1 rings (SSSR count). The van der Waals surface area contributed by atoms with Crippen molar-refractivity contribution in [3.63, 3.8) is 0 Å². The number of benzene rings is 1. The predicted molar refractivity (Wildman–Crippen MR) is 80.1 cm³/mol. The van der Waals surface area contributed by atoms with E-state index in [-0.39, 0.29) is 5.91 Å². The van der Waals surface area contributed by atoms with Crippen LogP contribution >= 0.6 is 0 Å². The largest absolute Gasteiger partial charge is 0.355 e. The molecule has 0 atom stereocenters. The number of carbonyl (C=O) groups is 1. The molecule has 1 amide bonds. The first kappa shape index (κ1) is 15.7. The Bertz CT molecular complexity index is 382. The van der Waals surface area contributed by atoms with Gasteiger partial charge in [0.2, 0.25) is 5.91 Å². The van der Waals surface area contributed by atoms with E-state index in [0.29, 0.717) is 18.4 Å². The van der Waals surface area contributed by atoms with Crippen LogP contribution in [0.15, 0.2) is 24.3 Å². The van der Waals surface area contributed by atoms with Gasteiger partial charge in [-0.25, -0.2) is 0 Å². The lowest BCUT2D eigenvalue weighted by atomic mass is 10.0. The zero-order chi connectivity index (χ0) is 14.3. The average Bonchev–Trinajstić information content (AvgIpc) is 2.37. The molecular formula is C16H26N2O. The van der Waals surface area contributed by atoms with Crippen LogP contribution in [0, 0.1) is 5.92 Å². The molecule has 0 aromatic heterocycles. The fourth-order valence-corrected chi connectivity index (χ4v) is 1.72. The molecule has 2 N–H and O–H groups in total. The molecule has 1 aromatic rings. The van der Waals surface area contributed by atoms with E-state index in [0.717, 1.165) is 13.1 Å². The fourth-order valence-electron chi connectivity index (χ4n) is 1.72. The molecule has 1 aromatic carbocycles. The summed E-state index contributed by atoms with van der Waals surface area (Å²) >= 11 is 0. The molecule has 0 aliphatic carbocycles. The Morgan fingerprint density at radius 2 is 1.74 bits per heavy atom. The Morgan fingerprint density at radius 1 is 1.11 bits per heavy atom. The quantitative estimate of drug-likeness (QED) is 0.793. The molecule has 0 aliphatic rings. The molecule has 0 spiro atoms. The summed E-state index contributed by atoms with van der Waals surface area (Å²) in [6.45, 7) is 10.4. The van der Waals surface area contributed by atoms with Crippen LogP contribution in [0.5, 0.6) is 0 Å². The number of hydrogen-bond donors (Lipinski definition) is 2. The summed E-state index contributed by atoms with van der Waals surface area (Å²) in [5.41, 5.74) is 2.56. The molecule has 106 valence electrons. The third-order valence-electron chi connectivity index (χ3n) is 2.97. The summed E-state index contributed by atoms with van der Waals surface area (Å²) in [5, 5.41) is 6.05. The molecule has 0 unspecified atom stereocenters. The van der Waals surface area contributed by atoms with E-state index >= 15 is 0 Å². The first-order valence-electron chi connectivity index (χ1n) is 7.05. The van der Waals surface area contributed by atoms with Crippen LogP contribution in [0.25, 0.3) is 0 Å². The van der Waals surface area contributed by atoms with Crippen molar-refractivity contribution in [2.75, 3.05) is 13.1 Å². The van der Waals surface area contributed by atoms with Gasteiger partial charge in [0.25, 0.3) is 0 Å². The minimum Gasteiger partial charge on any atom is -0.355 e. The zero-order valence-corrected chi connectivity index (χ0v) is 12.5. The smallest absolute Gasteiger partial charge is 0.233 e. The number of hydrogen-bond acceptors (Lipinski definition) is 2. The predicted octanol–water partition coefficient (Wildman–Crippen LogP) is 2.67. The molecule has 0 radical (unpaired) electrons. The van der Waals surface area contributed by atoms with Crippen molar-refractivity contribution in [1.82, 2.24) is 10.6 Å². The lowest BCUT2D eigenvalue weighted by Crippen LogP contribution is -2.35. The van der Waals surface area contributed by atoms with Gasteiger partial charge in [0.1, 0.15) is 0 Å². The van der Waals surface area contributed by atoms with E-state index in [4.69, 9.17) is 0 Å². The second-order valence-corrected chi connectivity index (χ2v) is 5.70. The number of amides is 1. The van der Waals surface area contributed by atoms with Gasteiger partial charge >= 0.3 is 0 Å². The van der Waals surface area contributed by atoms with Gasteiger partial charge in [-0.05, 0) is 23.0 Å². The monoisotopic (exact) mass is 262 g/mol. The van der Waals surface area contributed by atoms with E-state index in [1.54, 1.807) is 0 Å². The highest BCUT2D eigenvalue weighted by molar-refractivity contribution is 5.77. The van der Waals surface area contributed by atoms with Gasteiger partial charge in [-0.1, -0.05) is 52.0 Å². The molecule has 0 bridgehead atoms. The Morgan fingerprint density at radius 3 is 2.26 bits per heavy atom. The summed E-state index contributed by atoms with van der Waals surface area (Å²) in [5.74, 6) is 1.11. The second kappa shape index (κ2) is 7.95. The Kier molecular flexibility index (Phi) is 6.57. The van der Waals surface area contributed by atoms with Gasteiger partial charge in [-0.3, -0.25) is 4.79 Å². The molecule has 0 saturated heterocycles.